The smallest absolute Gasteiger partial charge is 0.135 e. The summed E-state index contributed by atoms with van der Waals surface area (Å²) in [5.74, 6) is 1.24. The number of benzene rings is 3. The number of fused-ring (bicyclic) bond motifs is 13. The molecule has 3 aromatic carbocycles. The molecule has 2 nitrogen and oxygen atoms in total. The Balaban J connectivity index is 1.58. The number of pyridine rings is 3. The molecule has 36 heavy (non-hydrogen) atoms. The van der Waals surface area contributed by atoms with Gasteiger partial charge in [-0.15, -0.1) is 20.3 Å². The summed E-state index contributed by atoms with van der Waals surface area (Å²) in [6, 6.07) is 31.7. The molecule has 0 radical (unpaired) electrons. The molecular formula is C33H24N2S+2. The number of nitrogens with zero attached hydrogens (tertiary/aromatic N) is 2. The van der Waals surface area contributed by atoms with Crippen molar-refractivity contribution in [3.05, 3.63) is 120 Å². The predicted molar refractivity (Wildman–Crippen MR) is 149 cm³/mol. The van der Waals surface area contributed by atoms with Crippen LogP contribution in [-0.2, 0) is 6.42 Å². The fourth-order valence-electron chi connectivity index (χ4n) is 6.06. The van der Waals surface area contributed by atoms with Crippen molar-refractivity contribution in [2.45, 2.75) is 20.3 Å². The van der Waals surface area contributed by atoms with Crippen LogP contribution >= 0.6 is 11.3 Å². The van der Waals surface area contributed by atoms with Crippen LogP contribution in [0.3, 0.4) is 0 Å². The number of aryl methyl sites for hydroxylation is 2. The highest BCUT2D eigenvalue weighted by Gasteiger charge is 2.36. The minimum atomic E-state index is 0.896. The zero-order valence-electron chi connectivity index (χ0n) is 20.2. The molecule has 1 aliphatic rings. The minimum Gasteiger partial charge on any atom is -0.135 e. The SMILES string of the molecule is Cc1cc[n+]2c(c1)-c1cc3c(cc1Cc1c-2[n+]2cc(C)ccc2c2ccccc12)sc1ccccc13. The number of hydrogen-bond acceptors (Lipinski definition) is 1. The Morgan fingerprint density at radius 2 is 1.50 bits per heavy atom. The van der Waals surface area contributed by atoms with Crippen molar-refractivity contribution in [3.8, 4) is 17.1 Å². The quantitative estimate of drug-likeness (QED) is 0.158. The first-order valence-electron chi connectivity index (χ1n) is 12.5. The summed E-state index contributed by atoms with van der Waals surface area (Å²) in [5, 5.41) is 5.34. The van der Waals surface area contributed by atoms with E-state index in [9.17, 15) is 0 Å². The van der Waals surface area contributed by atoms with Crippen LogP contribution in [0.15, 0.2) is 97.3 Å². The average molecular weight is 481 g/mol. The molecule has 8 rings (SSSR count). The Kier molecular flexibility index (Phi) is 4.04. The zero-order chi connectivity index (χ0) is 24.0. The molecule has 0 unspecified atom stereocenters. The Morgan fingerprint density at radius 1 is 0.694 bits per heavy atom. The summed E-state index contributed by atoms with van der Waals surface area (Å²) in [6.45, 7) is 4.38. The van der Waals surface area contributed by atoms with E-state index in [1.165, 1.54) is 75.8 Å². The molecule has 0 amide bonds. The molecule has 0 N–H and O–H groups in total. The van der Waals surface area contributed by atoms with Crippen molar-refractivity contribution < 1.29 is 8.97 Å². The van der Waals surface area contributed by atoms with Gasteiger partial charge in [-0.2, -0.15) is 0 Å². The van der Waals surface area contributed by atoms with E-state index in [2.05, 4.69) is 120 Å². The molecule has 170 valence electrons. The van der Waals surface area contributed by atoms with Gasteiger partial charge in [-0.25, -0.2) is 0 Å². The molecule has 0 atom stereocenters. The summed E-state index contributed by atoms with van der Waals surface area (Å²) in [5.41, 5.74) is 9.13. The van der Waals surface area contributed by atoms with Crippen LogP contribution in [0.5, 0.6) is 0 Å². The van der Waals surface area contributed by atoms with Gasteiger partial charge >= 0.3 is 5.82 Å². The first kappa shape index (κ1) is 20.1. The standard InChI is InChI=1S/C33H24N2S/c1-20-13-14-34-30(15-20)26-18-27-25-9-5-6-10-31(25)36-32(27)17-22(26)16-28-23-7-3-4-8-24(23)29-12-11-21(2)19-35(29)33(28)34/h3-15,17-19H,16H2,1-2H3/q+2. The van der Waals surface area contributed by atoms with Gasteiger partial charge in [0.1, 0.15) is 5.56 Å². The lowest BCUT2D eigenvalue weighted by Gasteiger charge is -2.07. The summed E-state index contributed by atoms with van der Waals surface area (Å²) >= 11 is 1.90. The molecular weight excluding hydrogens is 456 g/mol. The summed E-state index contributed by atoms with van der Waals surface area (Å²) in [4.78, 5) is 0. The van der Waals surface area contributed by atoms with Gasteiger partial charge in [-0.3, -0.25) is 0 Å². The van der Waals surface area contributed by atoms with Crippen molar-refractivity contribution in [3.63, 3.8) is 0 Å². The molecule has 0 saturated carbocycles. The van der Waals surface area contributed by atoms with E-state index in [1.807, 2.05) is 11.3 Å². The Morgan fingerprint density at radius 3 is 2.39 bits per heavy atom. The van der Waals surface area contributed by atoms with E-state index in [-0.39, 0.29) is 0 Å². The lowest BCUT2D eigenvalue weighted by molar-refractivity contribution is -0.700. The van der Waals surface area contributed by atoms with Crippen molar-refractivity contribution >= 4 is 47.8 Å². The van der Waals surface area contributed by atoms with Crippen LogP contribution in [0, 0.1) is 13.8 Å². The summed E-state index contributed by atoms with van der Waals surface area (Å²) < 4.78 is 7.56. The van der Waals surface area contributed by atoms with Gasteiger partial charge in [-0.05, 0) is 55.3 Å². The normalized spacial score (nSPS) is 12.6. The molecule has 7 aromatic rings. The Bertz CT molecular complexity index is 2050. The number of hydrogen-bond donors (Lipinski definition) is 0. The highest BCUT2D eigenvalue weighted by Crippen LogP contribution is 2.40. The van der Waals surface area contributed by atoms with Crippen LogP contribution in [0.1, 0.15) is 22.3 Å². The molecule has 5 heterocycles. The largest absolute Gasteiger partial charge is 0.459 e. The fourth-order valence-corrected chi connectivity index (χ4v) is 7.21. The van der Waals surface area contributed by atoms with Gasteiger partial charge in [0.15, 0.2) is 12.4 Å². The van der Waals surface area contributed by atoms with E-state index < -0.39 is 0 Å². The Hall–Kier alpha value is -4.08. The first-order valence-corrected chi connectivity index (χ1v) is 13.3. The molecule has 0 saturated heterocycles. The van der Waals surface area contributed by atoms with Gasteiger partial charge in [0.2, 0.25) is 11.2 Å². The molecule has 0 aliphatic carbocycles. The second-order valence-electron chi connectivity index (χ2n) is 10.0. The van der Waals surface area contributed by atoms with Crippen LogP contribution in [0.2, 0.25) is 0 Å². The van der Waals surface area contributed by atoms with E-state index >= 15 is 0 Å². The van der Waals surface area contributed by atoms with E-state index in [0.717, 1.165) is 6.42 Å². The summed E-state index contributed by atoms with van der Waals surface area (Å²) in [7, 11) is 0. The van der Waals surface area contributed by atoms with E-state index in [4.69, 9.17) is 0 Å². The van der Waals surface area contributed by atoms with Crippen molar-refractivity contribution in [2.75, 3.05) is 0 Å². The number of rotatable bonds is 0. The van der Waals surface area contributed by atoms with Crippen molar-refractivity contribution in [2.24, 2.45) is 0 Å². The second kappa shape index (κ2) is 7.22. The third-order valence-corrected chi connectivity index (χ3v) is 8.84. The number of aromatic nitrogens is 2. The van der Waals surface area contributed by atoms with Crippen LogP contribution < -0.4 is 8.97 Å². The number of thiophene rings is 1. The van der Waals surface area contributed by atoms with Gasteiger partial charge in [0.25, 0.3) is 0 Å². The molecule has 3 heteroatoms. The lowest BCUT2D eigenvalue weighted by Crippen LogP contribution is -2.45. The van der Waals surface area contributed by atoms with Gasteiger partial charge in [0.05, 0.1) is 10.9 Å². The van der Waals surface area contributed by atoms with Crippen molar-refractivity contribution in [1.29, 1.82) is 0 Å². The summed E-state index contributed by atoms with van der Waals surface area (Å²) in [6.07, 6.45) is 5.45. The van der Waals surface area contributed by atoms with E-state index in [1.54, 1.807) is 0 Å². The maximum absolute atomic E-state index is 2.46. The molecule has 0 spiro atoms. The zero-order valence-corrected chi connectivity index (χ0v) is 21.1. The van der Waals surface area contributed by atoms with Crippen molar-refractivity contribution in [1.82, 2.24) is 0 Å². The monoisotopic (exact) mass is 480 g/mol. The topological polar surface area (TPSA) is 7.98 Å². The van der Waals surface area contributed by atoms with E-state index in [0.29, 0.717) is 0 Å². The first-order chi connectivity index (χ1) is 17.7. The molecule has 4 aromatic heterocycles. The highest BCUT2D eigenvalue weighted by atomic mass is 32.1. The minimum absolute atomic E-state index is 0.896. The maximum Gasteiger partial charge on any atom is 0.459 e. The maximum atomic E-state index is 2.46. The van der Waals surface area contributed by atoms with Gasteiger partial charge < -0.3 is 0 Å². The molecule has 0 fully saturated rings. The molecule has 0 bridgehead atoms. The highest BCUT2D eigenvalue weighted by molar-refractivity contribution is 7.25. The second-order valence-corrected chi connectivity index (χ2v) is 11.1. The van der Waals surface area contributed by atoms with Crippen LogP contribution in [0.4, 0.5) is 0 Å². The average Bonchev–Trinajstić information content (AvgIpc) is 3.19. The predicted octanol–water partition coefficient (Wildman–Crippen LogP) is 7.41. The Labute approximate surface area is 213 Å². The fraction of sp³-hybridized carbons (Fsp3) is 0.0909. The lowest BCUT2D eigenvalue weighted by atomic mass is 9.94. The third-order valence-electron chi connectivity index (χ3n) is 7.71. The van der Waals surface area contributed by atoms with Crippen LogP contribution in [-0.4, -0.2) is 0 Å². The van der Waals surface area contributed by atoms with Gasteiger partial charge in [-0.1, -0.05) is 36.4 Å². The third kappa shape index (κ3) is 2.72. The van der Waals surface area contributed by atoms with Crippen LogP contribution in [0.25, 0.3) is 53.5 Å². The molecule has 1 aliphatic heterocycles. The van der Waals surface area contributed by atoms with Gasteiger partial charge in [0, 0.05) is 55.7 Å².